The first-order valence-electron chi connectivity index (χ1n) is 5.91. The summed E-state index contributed by atoms with van der Waals surface area (Å²) in [5, 5.41) is 23.9. The van der Waals surface area contributed by atoms with Gasteiger partial charge in [0.05, 0.1) is 0 Å². The average molecular weight is 251 g/mol. The van der Waals surface area contributed by atoms with Crippen molar-refractivity contribution in [1.29, 1.82) is 0 Å². The molecule has 0 saturated heterocycles. The van der Waals surface area contributed by atoms with E-state index < -0.39 is 0 Å². The lowest BCUT2D eigenvalue weighted by Crippen LogP contribution is -2.39. The van der Waals surface area contributed by atoms with Crippen LogP contribution in [0.1, 0.15) is 31.4 Å². The molecule has 5 heteroatoms. The number of nitrogens with two attached hydrogens (primary N) is 1. The summed E-state index contributed by atoms with van der Waals surface area (Å²) in [7, 11) is 0. The summed E-state index contributed by atoms with van der Waals surface area (Å²) < 4.78 is 0. The molecule has 1 aromatic carbocycles. The molecular formula is C13H21N3O2. The van der Waals surface area contributed by atoms with Crippen LogP contribution in [0, 0.1) is 0 Å². The molecule has 5 nitrogen and oxygen atoms in total. The van der Waals surface area contributed by atoms with Gasteiger partial charge in [0.15, 0.2) is 5.84 Å². The Bertz CT molecular complexity index is 416. The van der Waals surface area contributed by atoms with Crippen LogP contribution < -0.4 is 11.1 Å². The Morgan fingerprint density at radius 1 is 1.44 bits per heavy atom. The van der Waals surface area contributed by atoms with Gasteiger partial charge in [0.2, 0.25) is 0 Å². The van der Waals surface area contributed by atoms with Gasteiger partial charge in [0, 0.05) is 24.3 Å². The molecule has 0 fully saturated rings. The molecule has 100 valence electrons. The third kappa shape index (κ3) is 4.35. The van der Waals surface area contributed by atoms with E-state index in [4.69, 9.17) is 16.0 Å². The highest BCUT2D eigenvalue weighted by Gasteiger charge is 2.15. The summed E-state index contributed by atoms with van der Waals surface area (Å²) in [5.74, 6) is 0.103. The maximum Gasteiger partial charge on any atom is 0.170 e. The minimum atomic E-state index is -0.124. The van der Waals surface area contributed by atoms with Crippen molar-refractivity contribution >= 4 is 5.84 Å². The molecule has 0 aliphatic rings. The number of nitrogens with one attached hydrogen (secondary N) is 1. The van der Waals surface area contributed by atoms with Crippen LogP contribution in [0.4, 0.5) is 0 Å². The SMILES string of the molecule is CC(C)(CCO)NCc1cccc(/C(N)=N/O)c1. The van der Waals surface area contributed by atoms with Gasteiger partial charge in [0.1, 0.15) is 0 Å². The number of aliphatic hydroxyl groups is 1. The van der Waals surface area contributed by atoms with Crippen LogP contribution in [-0.4, -0.2) is 28.3 Å². The fraction of sp³-hybridized carbons (Fsp3) is 0.462. The lowest BCUT2D eigenvalue weighted by atomic mass is 10.0. The second kappa shape index (κ2) is 6.37. The fourth-order valence-electron chi connectivity index (χ4n) is 1.61. The molecule has 0 heterocycles. The molecule has 0 spiro atoms. The number of hydrogen-bond acceptors (Lipinski definition) is 4. The highest BCUT2D eigenvalue weighted by atomic mass is 16.4. The summed E-state index contributed by atoms with van der Waals surface area (Å²) in [5.41, 5.74) is 7.15. The first-order chi connectivity index (χ1) is 8.48. The van der Waals surface area contributed by atoms with E-state index in [0.29, 0.717) is 18.5 Å². The van der Waals surface area contributed by atoms with Crippen molar-refractivity contribution < 1.29 is 10.3 Å². The van der Waals surface area contributed by atoms with E-state index in [1.807, 2.05) is 32.0 Å². The van der Waals surface area contributed by atoms with E-state index >= 15 is 0 Å². The van der Waals surface area contributed by atoms with Gasteiger partial charge in [-0.15, -0.1) is 0 Å². The molecule has 1 rings (SSSR count). The first kappa shape index (κ1) is 14.5. The minimum Gasteiger partial charge on any atom is -0.409 e. The number of rotatable bonds is 6. The van der Waals surface area contributed by atoms with Crippen molar-refractivity contribution in [2.24, 2.45) is 10.9 Å². The van der Waals surface area contributed by atoms with Gasteiger partial charge in [0.25, 0.3) is 0 Å². The lowest BCUT2D eigenvalue weighted by Gasteiger charge is -2.25. The van der Waals surface area contributed by atoms with Crippen molar-refractivity contribution in [3.63, 3.8) is 0 Å². The summed E-state index contributed by atoms with van der Waals surface area (Å²) in [6, 6.07) is 7.49. The number of amidine groups is 1. The van der Waals surface area contributed by atoms with Gasteiger partial charge < -0.3 is 21.4 Å². The number of hydrogen-bond donors (Lipinski definition) is 4. The molecule has 0 amide bonds. The zero-order chi connectivity index (χ0) is 13.6. The average Bonchev–Trinajstić information content (AvgIpc) is 2.36. The molecule has 0 bridgehead atoms. The van der Waals surface area contributed by atoms with Crippen molar-refractivity contribution in [2.75, 3.05) is 6.61 Å². The molecule has 5 N–H and O–H groups in total. The largest absolute Gasteiger partial charge is 0.409 e. The van der Waals surface area contributed by atoms with Crippen molar-refractivity contribution in [1.82, 2.24) is 5.32 Å². The van der Waals surface area contributed by atoms with E-state index in [-0.39, 0.29) is 18.0 Å². The van der Waals surface area contributed by atoms with Gasteiger partial charge in [-0.05, 0) is 31.9 Å². The normalized spacial score (nSPS) is 12.7. The molecule has 0 aliphatic heterocycles. The van der Waals surface area contributed by atoms with Gasteiger partial charge in [-0.2, -0.15) is 0 Å². The molecular weight excluding hydrogens is 230 g/mol. The van der Waals surface area contributed by atoms with Crippen LogP contribution in [0.25, 0.3) is 0 Å². The number of nitrogens with zero attached hydrogens (tertiary/aromatic N) is 1. The highest BCUT2D eigenvalue weighted by molar-refractivity contribution is 5.97. The van der Waals surface area contributed by atoms with Crippen molar-refractivity contribution in [3.05, 3.63) is 35.4 Å². The Morgan fingerprint density at radius 3 is 2.78 bits per heavy atom. The Kier molecular flexibility index (Phi) is 5.12. The smallest absolute Gasteiger partial charge is 0.170 e. The quantitative estimate of drug-likeness (QED) is 0.263. The number of oxime groups is 1. The van der Waals surface area contributed by atoms with Gasteiger partial charge in [-0.25, -0.2) is 0 Å². The van der Waals surface area contributed by atoms with E-state index in [1.165, 1.54) is 0 Å². The van der Waals surface area contributed by atoms with Crippen LogP contribution >= 0.6 is 0 Å². The topological polar surface area (TPSA) is 90.9 Å². The van der Waals surface area contributed by atoms with Crippen molar-refractivity contribution in [3.8, 4) is 0 Å². The van der Waals surface area contributed by atoms with Gasteiger partial charge in [-0.1, -0.05) is 23.4 Å². The molecule has 0 aromatic heterocycles. The first-order valence-corrected chi connectivity index (χ1v) is 5.91. The standard InChI is InChI=1S/C13H21N3O2/c1-13(2,6-7-17)15-9-10-4-3-5-11(8-10)12(14)16-18/h3-5,8,15,17-18H,6-7,9H2,1-2H3,(H2,14,16). The maximum atomic E-state index is 8.95. The van der Waals surface area contributed by atoms with Crippen LogP contribution in [0.2, 0.25) is 0 Å². The predicted octanol–water partition coefficient (Wildman–Crippen LogP) is 1.03. The number of benzene rings is 1. The molecule has 0 aliphatic carbocycles. The molecule has 0 saturated carbocycles. The Balaban J connectivity index is 2.69. The summed E-state index contributed by atoms with van der Waals surface area (Å²) in [4.78, 5) is 0. The third-order valence-electron chi connectivity index (χ3n) is 2.84. The fourth-order valence-corrected chi connectivity index (χ4v) is 1.61. The van der Waals surface area contributed by atoms with Crippen molar-refractivity contribution in [2.45, 2.75) is 32.4 Å². The summed E-state index contributed by atoms with van der Waals surface area (Å²) in [6.07, 6.45) is 0.687. The molecule has 0 atom stereocenters. The van der Waals surface area contributed by atoms with Crippen LogP contribution in [0.15, 0.2) is 29.4 Å². The summed E-state index contributed by atoms with van der Waals surface area (Å²) in [6.45, 7) is 4.90. The van der Waals surface area contributed by atoms with Gasteiger partial charge in [-0.3, -0.25) is 0 Å². The van der Waals surface area contributed by atoms with Crippen LogP contribution in [0.3, 0.4) is 0 Å². The highest BCUT2D eigenvalue weighted by Crippen LogP contribution is 2.10. The summed E-state index contributed by atoms with van der Waals surface area (Å²) >= 11 is 0. The Morgan fingerprint density at radius 2 is 2.17 bits per heavy atom. The monoisotopic (exact) mass is 251 g/mol. The van der Waals surface area contributed by atoms with Gasteiger partial charge >= 0.3 is 0 Å². The molecule has 18 heavy (non-hydrogen) atoms. The number of aliphatic hydroxyl groups excluding tert-OH is 1. The van der Waals surface area contributed by atoms with E-state index in [2.05, 4.69) is 10.5 Å². The molecule has 0 unspecified atom stereocenters. The zero-order valence-corrected chi connectivity index (χ0v) is 10.8. The second-order valence-electron chi connectivity index (χ2n) is 4.90. The van der Waals surface area contributed by atoms with E-state index in [9.17, 15) is 0 Å². The predicted molar refractivity (Wildman–Crippen MR) is 71.6 cm³/mol. The maximum absolute atomic E-state index is 8.95. The van der Waals surface area contributed by atoms with E-state index in [1.54, 1.807) is 6.07 Å². The van der Waals surface area contributed by atoms with Crippen LogP contribution in [-0.2, 0) is 6.54 Å². The molecule has 1 aromatic rings. The second-order valence-corrected chi connectivity index (χ2v) is 4.90. The third-order valence-corrected chi connectivity index (χ3v) is 2.84. The lowest BCUT2D eigenvalue weighted by molar-refractivity contribution is 0.230. The van der Waals surface area contributed by atoms with E-state index in [0.717, 1.165) is 5.56 Å². The Hall–Kier alpha value is -1.59. The molecule has 0 radical (unpaired) electrons. The Labute approximate surface area is 107 Å². The minimum absolute atomic E-state index is 0.103. The zero-order valence-electron chi connectivity index (χ0n) is 10.8. The van der Waals surface area contributed by atoms with Crippen LogP contribution in [0.5, 0.6) is 0 Å².